The molecule has 4 nitrogen and oxygen atoms in total. The summed E-state index contributed by atoms with van der Waals surface area (Å²) in [5.41, 5.74) is 2.02. The van der Waals surface area contributed by atoms with E-state index in [0.29, 0.717) is 19.1 Å². The molecule has 1 atom stereocenters. The summed E-state index contributed by atoms with van der Waals surface area (Å²) in [6.45, 7) is 2.96. The number of nitrogens with one attached hydrogen (secondary N) is 1. The van der Waals surface area contributed by atoms with Crippen LogP contribution < -0.4 is 9.62 Å². The first kappa shape index (κ1) is 13.9. The molecule has 20 heavy (non-hydrogen) atoms. The SMILES string of the molecule is CC(CNC1CC1)S(=O)(=O)N1CCCc2ccccc21. The van der Waals surface area contributed by atoms with Gasteiger partial charge in [-0.15, -0.1) is 0 Å². The topological polar surface area (TPSA) is 49.4 Å². The largest absolute Gasteiger partial charge is 0.313 e. The molecule has 2 aliphatic rings. The van der Waals surface area contributed by atoms with E-state index in [1.165, 1.54) is 12.8 Å². The molecule has 0 bridgehead atoms. The zero-order valence-electron chi connectivity index (χ0n) is 11.9. The van der Waals surface area contributed by atoms with Crippen LogP contribution in [0.25, 0.3) is 0 Å². The van der Waals surface area contributed by atoms with Crippen molar-refractivity contribution >= 4 is 15.7 Å². The molecule has 0 spiro atoms. The molecule has 0 aromatic heterocycles. The van der Waals surface area contributed by atoms with Crippen LogP contribution in [0.15, 0.2) is 24.3 Å². The molecular weight excluding hydrogens is 272 g/mol. The van der Waals surface area contributed by atoms with Crippen LogP contribution in [0.5, 0.6) is 0 Å². The maximum atomic E-state index is 12.8. The van der Waals surface area contributed by atoms with Gasteiger partial charge >= 0.3 is 0 Å². The molecule has 1 fully saturated rings. The van der Waals surface area contributed by atoms with E-state index in [4.69, 9.17) is 0 Å². The Hall–Kier alpha value is -1.07. The minimum absolute atomic E-state index is 0.380. The van der Waals surface area contributed by atoms with Crippen molar-refractivity contribution in [1.29, 1.82) is 0 Å². The number of sulfonamides is 1. The van der Waals surface area contributed by atoms with E-state index in [9.17, 15) is 8.42 Å². The number of hydrogen-bond donors (Lipinski definition) is 1. The van der Waals surface area contributed by atoms with E-state index in [0.717, 1.165) is 24.1 Å². The van der Waals surface area contributed by atoms with Crippen molar-refractivity contribution in [3.8, 4) is 0 Å². The second-order valence-electron chi connectivity index (χ2n) is 5.84. The average molecular weight is 294 g/mol. The first-order chi connectivity index (χ1) is 9.59. The Morgan fingerprint density at radius 1 is 1.35 bits per heavy atom. The summed E-state index contributed by atoms with van der Waals surface area (Å²) >= 11 is 0. The molecule has 1 N–H and O–H groups in total. The number of benzene rings is 1. The zero-order chi connectivity index (χ0) is 14.2. The molecule has 1 aliphatic heterocycles. The lowest BCUT2D eigenvalue weighted by Gasteiger charge is -2.32. The molecule has 0 radical (unpaired) electrons. The van der Waals surface area contributed by atoms with Crippen molar-refractivity contribution in [1.82, 2.24) is 5.32 Å². The Kier molecular flexibility index (Phi) is 3.73. The number of fused-ring (bicyclic) bond motifs is 1. The van der Waals surface area contributed by atoms with E-state index in [1.807, 2.05) is 31.2 Å². The number of anilines is 1. The minimum Gasteiger partial charge on any atom is -0.313 e. The van der Waals surface area contributed by atoms with E-state index >= 15 is 0 Å². The van der Waals surface area contributed by atoms with Crippen LogP contribution in [0, 0.1) is 0 Å². The highest BCUT2D eigenvalue weighted by atomic mass is 32.2. The van der Waals surface area contributed by atoms with Gasteiger partial charge in [-0.05, 0) is 44.2 Å². The second kappa shape index (κ2) is 5.37. The molecule has 3 rings (SSSR count). The third-order valence-corrected chi connectivity index (χ3v) is 6.33. The lowest BCUT2D eigenvalue weighted by Crippen LogP contribution is -2.44. The van der Waals surface area contributed by atoms with E-state index in [-0.39, 0.29) is 5.25 Å². The summed E-state index contributed by atoms with van der Waals surface area (Å²) in [6.07, 6.45) is 4.23. The highest BCUT2D eigenvalue weighted by molar-refractivity contribution is 7.93. The van der Waals surface area contributed by atoms with Crippen LogP contribution in [0.3, 0.4) is 0 Å². The maximum Gasteiger partial charge on any atom is 0.239 e. The van der Waals surface area contributed by atoms with Gasteiger partial charge in [0.1, 0.15) is 0 Å². The molecule has 1 saturated carbocycles. The maximum absolute atomic E-state index is 12.8. The van der Waals surface area contributed by atoms with Gasteiger partial charge in [-0.25, -0.2) is 8.42 Å². The number of nitrogens with zero attached hydrogens (tertiary/aromatic N) is 1. The first-order valence-electron chi connectivity index (χ1n) is 7.42. The van der Waals surface area contributed by atoms with Crippen LogP contribution in [-0.4, -0.2) is 32.8 Å². The fourth-order valence-electron chi connectivity index (χ4n) is 2.71. The molecule has 0 amide bonds. The highest BCUT2D eigenvalue weighted by Gasteiger charge is 2.33. The van der Waals surface area contributed by atoms with Gasteiger partial charge in [0, 0.05) is 19.1 Å². The zero-order valence-corrected chi connectivity index (χ0v) is 12.7. The molecule has 1 aliphatic carbocycles. The molecule has 0 saturated heterocycles. The van der Waals surface area contributed by atoms with Gasteiger partial charge in [-0.3, -0.25) is 4.31 Å². The van der Waals surface area contributed by atoms with Crippen molar-refractivity contribution in [2.75, 3.05) is 17.4 Å². The standard InChI is InChI=1S/C15H22N2O2S/c1-12(11-16-14-8-9-14)20(18,19)17-10-4-6-13-5-2-3-7-15(13)17/h2-3,5,7,12,14,16H,4,6,8-11H2,1H3. The van der Waals surface area contributed by atoms with Crippen LogP contribution in [0.2, 0.25) is 0 Å². The number of aryl methyl sites for hydroxylation is 1. The second-order valence-corrected chi connectivity index (χ2v) is 8.12. The third kappa shape index (κ3) is 2.69. The highest BCUT2D eigenvalue weighted by Crippen LogP contribution is 2.30. The minimum atomic E-state index is -3.27. The smallest absolute Gasteiger partial charge is 0.239 e. The Morgan fingerprint density at radius 3 is 2.85 bits per heavy atom. The molecular formula is C15H22N2O2S. The Bertz CT molecular complexity index is 581. The van der Waals surface area contributed by atoms with Crippen molar-refractivity contribution in [3.05, 3.63) is 29.8 Å². The van der Waals surface area contributed by atoms with Crippen molar-refractivity contribution in [2.45, 2.75) is 43.9 Å². The van der Waals surface area contributed by atoms with Gasteiger partial charge in [-0.1, -0.05) is 18.2 Å². The fraction of sp³-hybridized carbons (Fsp3) is 0.600. The Morgan fingerprint density at radius 2 is 2.10 bits per heavy atom. The van der Waals surface area contributed by atoms with Crippen molar-refractivity contribution in [2.24, 2.45) is 0 Å². The Balaban J connectivity index is 1.80. The monoisotopic (exact) mass is 294 g/mol. The van der Waals surface area contributed by atoms with Crippen LogP contribution >= 0.6 is 0 Å². The summed E-state index contributed by atoms with van der Waals surface area (Å²) in [5.74, 6) is 0. The summed E-state index contributed by atoms with van der Waals surface area (Å²) in [7, 11) is -3.27. The average Bonchev–Trinajstić information content (AvgIpc) is 3.28. The van der Waals surface area contributed by atoms with Gasteiger partial charge in [0.05, 0.1) is 10.9 Å². The third-order valence-electron chi connectivity index (χ3n) is 4.15. The van der Waals surface area contributed by atoms with Gasteiger partial charge in [-0.2, -0.15) is 0 Å². The normalized spacial score (nSPS) is 20.6. The number of hydrogen-bond acceptors (Lipinski definition) is 3. The van der Waals surface area contributed by atoms with Crippen molar-refractivity contribution < 1.29 is 8.42 Å². The van der Waals surface area contributed by atoms with Crippen LogP contribution in [0.4, 0.5) is 5.69 Å². The lowest BCUT2D eigenvalue weighted by atomic mass is 10.0. The van der Waals surface area contributed by atoms with E-state index in [1.54, 1.807) is 4.31 Å². The van der Waals surface area contributed by atoms with Gasteiger partial charge in [0.25, 0.3) is 0 Å². The molecule has 1 aromatic rings. The van der Waals surface area contributed by atoms with Crippen molar-refractivity contribution in [3.63, 3.8) is 0 Å². The molecule has 1 unspecified atom stereocenters. The molecule has 1 heterocycles. The van der Waals surface area contributed by atoms with Crippen LogP contribution in [0.1, 0.15) is 31.7 Å². The number of para-hydroxylation sites is 1. The Labute approximate surface area is 121 Å². The molecule has 1 aromatic carbocycles. The molecule has 110 valence electrons. The van der Waals surface area contributed by atoms with Gasteiger partial charge in [0.2, 0.25) is 10.0 Å². The summed E-state index contributed by atoms with van der Waals surface area (Å²) in [5, 5.41) is 2.94. The summed E-state index contributed by atoms with van der Waals surface area (Å²) < 4.78 is 27.2. The lowest BCUT2D eigenvalue weighted by molar-refractivity contribution is 0.562. The predicted octanol–water partition coefficient (Wildman–Crippen LogP) is 1.91. The predicted molar refractivity (Wildman–Crippen MR) is 81.5 cm³/mol. The van der Waals surface area contributed by atoms with E-state index < -0.39 is 10.0 Å². The van der Waals surface area contributed by atoms with E-state index in [2.05, 4.69) is 5.32 Å². The fourth-order valence-corrected chi connectivity index (χ4v) is 4.28. The quantitative estimate of drug-likeness (QED) is 0.902. The number of rotatable bonds is 5. The first-order valence-corrected chi connectivity index (χ1v) is 8.92. The molecule has 5 heteroatoms. The van der Waals surface area contributed by atoms with Crippen LogP contribution in [-0.2, 0) is 16.4 Å². The van der Waals surface area contributed by atoms with Gasteiger partial charge in [0.15, 0.2) is 0 Å². The summed E-state index contributed by atoms with van der Waals surface area (Å²) in [4.78, 5) is 0. The summed E-state index contributed by atoms with van der Waals surface area (Å²) in [6, 6.07) is 8.39. The van der Waals surface area contributed by atoms with Gasteiger partial charge < -0.3 is 5.32 Å².